The Bertz CT molecular complexity index is 350. The number of aromatic nitrogens is 1. The van der Waals surface area contributed by atoms with E-state index < -0.39 is 0 Å². The Morgan fingerprint density at radius 1 is 1.12 bits per heavy atom. The first kappa shape index (κ1) is 11.0. The molecule has 1 atom stereocenters. The normalized spacial score (nSPS) is 25.3. The molecule has 1 saturated carbocycles. The molecule has 3 nitrogen and oxygen atoms in total. The van der Waals surface area contributed by atoms with Crippen LogP contribution in [0.2, 0.25) is 0 Å². The molecule has 2 N–H and O–H groups in total. The van der Waals surface area contributed by atoms with E-state index in [2.05, 4.69) is 27.8 Å². The van der Waals surface area contributed by atoms with Gasteiger partial charge in [-0.1, -0.05) is 12.5 Å². The van der Waals surface area contributed by atoms with Gasteiger partial charge in [0.15, 0.2) is 0 Å². The molecule has 1 aromatic heterocycles. The molecule has 2 fully saturated rings. The number of anilines is 1. The third kappa shape index (κ3) is 2.60. The smallest absolute Gasteiger partial charge is 0.126 e. The number of pyridine rings is 1. The first-order chi connectivity index (χ1) is 8.42. The van der Waals surface area contributed by atoms with E-state index in [0.29, 0.717) is 12.1 Å². The summed E-state index contributed by atoms with van der Waals surface area (Å²) in [5.74, 6) is 1.04. The highest BCUT2D eigenvalue weighted by Gasteiger charge is 2.18. The van der Waals surface area contributed by atoms with Crippen LogP contribution >= 0.6 is 0 Å². The van der Waals surface area contributed by atoms with Gasteiger partial charge in [0.2, 0.25) is 0 Å². The molecule has 2 heterocycles. The van der Waals surface area contributed by atoms with Gasteiger partial charge in [-0.2, -0.15) is 0 Å². The zero-order valence-corrected chi connectivity index (χ0v) is 10.3. The second-order valence-corrected chi connectivity index (χ2v) is 5.25. The van der Waals surface area contributed by atoms with Gasteiger partial charge in [-0.15, -0.1) is 0 Å². The minimum atomic E-state index is 0.522. The molecule has 0 radical (unpaired) electrons. The molecule has 1 aliphatic heterocycles. The molecular formula is C14H21N3. The Morgan fingerprint density at radius 3 is 2.65 bits per heavy atom. The predicted molar refractivity (Wildman–Crippen MR) is 70.1 cm³/mol. The SMILES string of the molecule is c1cc(NC2CCC2)ncc1C1CCCCN1. The highest BCUT2D eigenvalue weighted by atomic mass is 15.0. The number of hydrogen-bond donors (Lipinski definition) is 2. The molecule has 2 aliphatic rings. The Hall–Kier alpha value is -1.09. The van der Waals surface area contributed by atoms with Crippen molar-refractivity contribution in [3.63, 3.8) is 0 Å². The van der Waals surface area contributed by atoms with E-state index in [1.54, 1.807) is 0 Å². The van der Waals surface area contributed by atoms with Crippen molar-refractivity contribution in [2.24, 2.45) is 0 Å². The van der Waals surface area contributed by atoms with Gasteiger partial charge < -0.3 is 10.6 Å². The number of hydrogen-bond acceptors (Lipinski definition) is 3. The lowest BCUT2D eigenvalue weighted by Crippen LogP contribution is -2.28. The largest absolute Gasteiger partial charge is 0.367 e. The summed E-state index contributed by atoms with van der Waals surface area (Å²) in [5, 5.41) is 7.03. The summed E-state index contributed by atoms with van der Waals surface area (Å²) < 4.78 is 0. The van der Waals surface area contributed by atoms with Crippen LogP contribution in [0.15, 0.2) is 18.3 Å². The average Bonchev–Trinajstić information content (AvgIpc) is 2.36. The van der Waals surface area contributed by atoms with E-state index in [9.17, 15) is 0 Å². The van der Waals surface area contributed by atoms with Crippen LogP contribution in [0.5, 0.6) is 0 Å². The van der Waals surface area contributed by atoms with Crippen molar-refractivity contribution in [1.82, 2.24) is 10.3 Å². The lowest BCUT2D eigenvalue weighted by Gasteiger charge is -2.27. The second-order valence-electron chi connectivity index (χ2n) is 5.25. The van der Waals surface area contributed by atoms with Gasteiger partial charge in [-0.05, 0) is 50.3 Å². The van der Waals surface area contributed by atoms with Crippen molar-refractivity contribution >= 4 is 5.82 Å². The van der Waals surface area contributed by atoms with Gasteiger partial charge in [0.05, 0.1) is 0 Å². The maximum Gasteiger partial charge on any atom is 0.126 e. The molecule has 0 aromatic carbocycles. The maximum absolute atomic E-state index is 4.52. The fraction of sp³-hybridized carbons (Fsp3) is 0.643. The zero-order chi connectivity index (χ0) is 11.5. The molecule has 1 unspecified atom stereocenters. The number of nitrogens with zero attached hydrogens (tertiary/aromatic N) is 1. The second kappa shape index (κ2) is 5.05. The third-order valence-corrected chi connectivity index (χ3v) is 3.96. The summed E-state index contributed by atoms with van der Waals surface area (Å²) in [6, 6.07) is 5.54. The Labute approximate surface area is 103 Å². The third-order valence-electron chi connectivity index (χ3n) is 3.96. The van der Waals surface area contributed by atoms with Crippen LogP contribution in [0, 0.1) is 0 Å². The first-order valence-electron chi connectivity index (χ1n) is 6.88. The minimum absolute atomic E-state index is 0.522. The summed E-state index contributed by atoms with van der Waals surface area (Å²) in [7, 11) is 0. The highest BCUT2D eigenvalue weighted by molar-refractivity contribution is 5.37. The van der Waals surface area contributed by atoms with Gasteiger partial charge in [-0.25, -0.2) is 4.98 Å². The van der Waals surface area contributed by atoms with Gasteiger partial charge in [0.1, 0.15) is 5.82 Å². The number of nitrogens with one attached hydrogen (secondary N) is 2. The Balaban J connectivity index is 1.62. The zero-order valence-electron chi connectivity index (χ0n) is 10.3. The van der Waals surface area contributed by atoms with Crippen molar-refractivity contribution in [2.75, 3.05) is 11.9 Å². The van der Waals surface area contributed by atoms with E-state index in [-0.39, 0.29) is 0 Å². The molecule has 0 bridgehead atoms. The molecule has 3 heteroatoms. The van der Waals surface area contributed by atoms with E-state index in [1.165, 1.54) is 44.1 Å². The van der Waals surface area contributed by atoms with Crippen LogP contribution in [0.25, 0.3) is 0 Å². The summed E-state index contributed by atoms with van der Waals surface area (Å²) >= 11 is 0. The van der Waals surface area contributed by atoms with Crippen molar-refractivity contribution in [1.29, 1.82) is 0 Å². The summed E-state index contributed by atoms with van der Waals surface area (Å²) in [4.78, 5) is 4.52. The van der Waals surface area contributed by atoms with E-state index >= 15 is 0 Å². The molecule has 0 spiro atoms. The van der Waals surface area contributed by atoms with Crippen LogP contribution in [-0.2, 0) is 0 Å². The molecule has 1 aliphatic carbocycles. The van der Waals surface area contributed by atoms with Gasteiger partial charge in [-0.3, -0.25) is 0 Å². The molecule has 1 aromatic rings. The van der Waals surface area contributed by atoms with Crippen molar-refractivity contribution in [2.45, 2.75) is 50.6 Å². The van der Waals surface area contributed by atoms with Gasteiger partial charge >= 0.3 is 0 Å². The van der Waals surface area contributed by atoms with Crippen molar-refractivity contribution < 1.29 is 0 Å². The fourth-order valence-electron chi connectivity index (χ4n) is 2.59. The van der Waals surface area contributed by atoms with Crippen LogP contribution in [0.4, 0.5) is 5.82 Å². The monoisotopic (exact) mass is 231 g/mol. The van der Waals surface area contributed by atoms with Crippen molar-refractivity contribution in [3.8, 4) is 0 Å². The van der Waals surface area contributed by atoms with Crippen LogP contribution in [-0.4, -0.2) is 17.6 Å². The molecule has 1 saturated heterocycles. The topological polar surface area (TPSA) is 37.0 Å². The standard InChI is InChI=1S/C14H21N3/c1-2-9-15-13(6-1)11-7-8-14(16-10-11)17-12-4-3-5-12/h7-8,10,12-13,15H,1-6,9H2,(H,16,17). The molecule has 3 rings (SSSR count). The molecule has 92 valence electrons. The lowest BCUT2D eigenvalue weighted by atomic mass is 9.93. The number of piperidine rings is 1. The van der Waals surface area contributed by atoms with E-state index in [0.717, 1.165) is 12.4 Å². The quantitative estimate of drug-likeness (QED) is 0.840. The lowest BCUT2D eigenvalue weighted by molar-refractivity contribution is 0.411. The molecular weight excluding hydrogens is 210 g/mol. The first-order valence-corrected chi connectivity index (χ1v) is 6.88. The van der Waals surface area contributed by atoms with Crippen LogP contribution in [0.3, 0.4) is 0 Å². The predicted octanol–water partition coefficient (Wildman–Crippen LogP) is 2.86. The van der Waals surface area contributed by atoms with Crippen LogP contribution < -0.4 is 10.6 Å². The van der Waals surface area contributed by atoms with E-state index in [1.807, 2.05) is 6.20 Å². The minimum Gasteiger partial charge on any atom is -0.367 e. The Kier molecular flexibility index (Phi) is 3.27. The highest BCUT2D eigenvalue weighted by Crippen LogP contribution is 2.25. The Morgan fingerprint density at radius 2 is 2.06 bits per heavy atom. The van der Waals surface area contributed by atoms with Gasteiger partial charge in [0, 0.05) is 18.3 Å². The van der Waals surface area contributed by atoms with Gasteiger partial charge in [0.25, 0.3) is 0 Å². The van der Waals surface area contributed by atoms with Crippen molar-refractivity contribution in [3.05, 3.63) is 23.9 Å². The number of rotatable bonds is 3. The summed E-state index contributed by atoms with van der Waals surface area (Å²) in [6.07, 6.45) is 9.88. The molecule has 17 heavy (non-hydrogen) atoms. The fourth-order valence-corrected chi connectivity index (χ4v) is 2.59. The summed E-state index contributed by atoms with van der Waals surface area (Å²) in [6.45, 7) is 1.15. The molecule has 0 amide bonds. The summed E-state index contributed by atoms with van der Waals surface area (Å²) in [5.41, 5.74) is 1.34. The maximum atomic E-state index is 4.52. The average molecular weight is 231 g/mol. The van der Waals surface area contributed by atoms with E-state index in [4.69, 9.17) is 0 Å². The van der Waals surface area contributed by atoms with Crippen LogP contribution in [0.1, 0.15) is 50.1 Å².